The first-order valence-electron chi connectivity index (χ1n) is 7.15. The predicted octanol–water partition coefficient (Wildman–Crippen LogP) is 2.82. The third kappa shape index (κ3) is 2.88. The molecule has 3 rings (SSSR count). The lowest BCUT2D eigenvalue weighted by molar-refractivity contribution is -0.138. The molecule has 0 saturated carbocycles. The number of nitrogens with zero attached hydrogens (tertiary/aromatic N) is 2. The zero-order valence-electron chi connectivity index (χ0n) is 11.9. The monoisotopic (exact) mass is 314 g/mol. The van der Waals surface area contributed by atoms with E-state index in [1.54, 1.807) is 18.3 Å². The van der Waals surface area contributed by atoms with E-state index in [0.717, 1.165) is 11.3 Å². The Balaban J connectivity index is 1.73. The van der Waals surface area contributed by atoms with Gasteiger partial charge in [-0.1, -0.05) is 35.9 Å². The van der Waals surface area contributed by atoms with Crippen LogP contribution < -0.4 is 0 Å². The Bertz CT molecular complexity index is 703. The molecule has 2 heterocycles. The highest BCUT2D eigenvalue weighted by Crippen LogP contribution is 2.33. The van der Waals surface area contributed by atoms with E-state index in [2.05, 4.69) is 4.98 Å². The molecule has 1 atom stereocenters. The molecule has 0 N–H and O–H groups in total. The van der Waals surface area contributed by atoms with Crippen molar-refractivity contribution < 1.29 is 9.59 Å². The SMILES string of the molecule is O=C1CC(c2ccccc2Cl)C(=O)N1CCc1ccccn1. The van der Waals surface area contributed by atoms with Crippen molar-refractivity contribution in [3.63, 3.8) is 0 Å². The highest BCUT2D eigenvalue weighted by Gasteiger charge is 2.39. The molecule has 112 valence electrons. The molecule has 1 saturated heterocycles. The molecule has 0 aliphatic carbocycles. The lowest BCUT2D eigenvalue weighted by atomic mass is 9.97. The van der Waals surface area contributed by atoms with Gasteiger partial charge in [-0.05, 0) is 23.8 Å². The minimum atomic E-state index is -0.468. The molecule has 4 nitrogen and oxygen atoms in total. The zero-order chi connectivity index (χ0) is 15.5. The summed E-state index contributed by atoms with van der Waals surface area (Å²) in [6, 6.07) is 12.8. The fraction of sp³-hybridized carbons (Fsp3) is 0.235. The molecule has 0 radical (unpaired) electrons. The second-order valence-electron chi connectivity index (χ2n) is 5.23. The Morgan fingerprint density at radius 1 is 1.14 bits per heavy atom. The number of aromatic nitrogens is 1. The van der Waals surface area contributed by atoms with E-state index in [1.165, 1.54) is 4.90 Å². The summed E-state index contributed by atoms with van der Waals surface area (Å²) in [5.74, 6) is -0.787. The van der Waals surface area contributed by atoms with Gasteiger partial charge >= 0.3 is 0 Å². The predicted molar refractivity (Wildman–Crippen MR) is 83.5 cm³/mol. The van der Waals surface area contributed by atoms with Gasteiger partial charge < -0.3 is 0 Å². The number of rotatable bonds is 4. The normalized spacial score (nSPS) is 18.0. The van der Waals surface area contributed by atoms with E-state index in [0.29, 0.717) is 18.0 Å². The quantitative estimate of drug-likeness (QED) is 0.815. The van der Waals surface area contributed by atoms with Crippen LogP contribution in [-0.4, -0.2) is 28.2 Å². The maximum absolute atomic E-state index is 12.5. The van der Waals surface area contributed by atoms with Crippen LogP contribution in [0.3, 0.4) is 0 Å². The first-order valence-corrected chi connectivity index (χ1v) is 7.53. The van der Waals surface area contributed by atoms with Crippen molar-refractivity contribution in [3.8, 4) is 0 Å². The molecule has 1 unspecified atom stereocenters. The van der Waals surface area contributed by atoms with Gasteiger partial charge in [0.2, 0.25) is 11.8 Å². The van der Waals surface area contributed by atoms with Gasteiger partial charge in [-0.25, -0.2) is 0 Å². The van der Waals surface area contributed by atoms with Gasteiger partial charge in [0.05, 0.1) is 5.92 Å². The number of pyridine rings is 1. The summed E-state index contributed by atoms with van der Waals surface area (Å²) < 4.78 is 0. The first kappa shape index (κ1) is 14.7. The van der Waals surface area contributed by atoms with Crippen molar-refractivity contribution in [3.05, 3.63) is 64.9 Å². The van der Waals surface area contributed by atoms with E-state index < -0.39 is 5.92 Å². The van der Waals surface area contributed by atoms with E-state index in [-0.39, 0.29) is 18.2 Å². The molecule has 2 aromatic rings. The van der Waals surface area contributed by atoms with Crippen LogP contribution in [0.15, 0.2) is 48.7 Å². The smallest absolute Gasteiger partial charge is 0.237 e. The summed E-state index contributed by atoms with van der Waals surface area (Å²) in [5, 5.41) is 0.528. The highest BCUT2D eigenvalue weighted by atomic mass is 35.5. The Labute approximate surface area is 133 Å². The fourth-order valence-electron chi connectivity index (χ4n) is 2.69. The topological polar surface area (TPSA) is 50.3 Å². The number of imide groups is 1. The summed E-state index contributed by atoms with van der Waals surface area (Å²) in [6.07, 6.45) is 2.45. The molecule has 1 aromatic heterocycles. The number of hydrogen-bond acceptors (Lipinski definition) is 3. The van der Waals surface area contributed by atoms with Crippen molar-refractivity contribution in [2.24, 2.45) is 0 Å². The number of carbonyl (C=O) groups excluding carboxylic acids is 2. The minimum Gasteiger partial charge on any atom is -0.282 e. The summed E-state index contributed by atoms with van der Waals surface area (Å²) in [7, 11) is 0. The third-order valence-corrected chi connectivity index (χ3v) is 4.19. The average Bonchev–Trinajstić information content (AvgIpc) is 2.81. The molecular formula is C17H15ClN2O2. The Hall–Kier alpha value is -2.20. The minimum absolute atomic E-state index is 0.147. The van der Waals surface area contributed by atoms with E-state index in [1.807, 2.05) is 30.3 Å². The van der Waals surface area contributed by atoms with E-state index in [9.17, 15) is 9.59 Å². The van der Waals surface area contributed by atoms with Gasteiger partial charge in [-0.3, -0.25) is 19.5 Å². The first-order chi connectivity index (χ1) is 10.7. The zero-order valence-corrected chi connectivity index (χ0v) is 12.7. The summed E-state index contributed by atoms with van der Waals surface area (Å²) in [4.78, 5) is 30.2. The number of hydrogen-bond donors (Lipinski definition) is 0. The van der Waals surface area contributed by atoms with Crippen LogP contribution in [0.1, 0.15) is 23.6 Å². The number of carbonyl (C=O) groups is 2. The van der Waals surface area contributed by atoms with Crippen LogP contribution in [0.4, 0.5) is 0 Å². The Morgan fingerprint density at radius 3 is 2.64 bits per heavy atom. The molecule has 0 bridgehead atoms. The second-order valence-corrected chi connectivity index (χ2v) is 5.64. The Kier molecular flexibility index (Phi) is 4.20. The molecule has 1 aliphatic rings. The molecule has 22 heavy (non-hydrogen) atoms. The summed E-state index contributed by atoms with van der Waals surface area (Å²) in [5.41, 5.74) is 1.59. The van der Waals surface area contributed by atoms with Crippen LogP contribution in [0, 0.1) is 0 Å². The van der Waals surface area contributed by atoms with E-state index in [4.69, 9.17) is 11.6 Å². The maximum atomic E-state index is 12.5. The number of benzene rings is 1. The molecular weight excluding hydrogens is 300 g/mol. The van der Waals surface area contributed by atoms with Gasteiger partial charge in [0, 0.05) is 36.3 Å². The fourth-order valence-corrected chi connectivity index (χ4v) is 2.96. The lowest BCUT2D eigenvalue weighted by Crippen LogP contribution is -2.32. The summed E-state index contributed by atoms with van der Waals surface area (Å²) >= 11 is 6.15. The molecule has 1 aliphatic heterocycles. The van der Waals surface area contributed by atoms with Crippen LogP contribution in [0.25, 0.3) is 0 Å². The molecule has 2 amide bonds. The van der Waals surface area contributed by atoms with Crippen LogP contribution >= 0.6 is 11.6 Å². The molecule has 1 fully saturated rings. The molecule has 5 heteroatoms. The van der Waals surface area contributed by atoms with E-state index >= 15 is 0 Å². The van der Waals surface area contributed by atoms with Crippen molar-refractivity contribution in [2.75, 3.05) is 6.54 Å². The standard InChI is InChI=1S/C17H15ClN2O2/c18-15-7-2-1-6-13(15)14-11-16(21)20(17(14)22)10-8-12-5-3-4-9-19-12/h1-7,9,14H,8,10-11H2. The number of likely N-dealkylation sites (tertiary alicyclic amines) is 1. The third-order valence-electron chi connectivity index (χ3n) is 3.84. The van der Waals surface area contributed by atoms with Crippen molar-refractivity contribution >= 4 is 23.4 Å². The summed E-state index contributed by atoms with van der Waals surface area (Å²) in [6.45, 7) is 0.357. The second kappa shape index (κ2) is 6.28. The van der Waals surface area contributed by atoms with Crippen molar-refractivity contribution in [1.29, 1.82) is 0 Å². The van der Waals surface area contributed by atoms with Crippen molar-refractivity contribution in [2.45, 2.75) is 18.8 Å². The van der Waals surface area contributed by atoms with Crippen LogP contribution in [0.5, 0.6) is 0 Å². The lowest BCUT2D eigenvalue weighted by Gasteiger charge is -2.15. The van der Waals surface area contributed by atoms with Gasteiger partial charge in [0.25, 0.3) is 0 Å². The van der Waals surface area contributed by atoms with Crippen molar-refractivity contribution in [1.82, 2.24) is 9.88 Å². The van der Waals surface area contributed by atoms with Crippen LogP contribution in [0.2, 0.25) is 5.02 Å². The highest BCUT2D eigenvalue weighted by molar-refractivity contribution is 6.31. The van der Waals surface area contributed by atoms with Gasteiger partial charge in [0.1, 0.15) is 0 Å². The maximum Gasteiger partial charge on any atom is 0.237 e. The van der Waals surface area contributed by atoms with Gasteiger partial charge in [-0.15, -0.1) is 0 Å². The number of amides is 2. The Morgan fingerprint density at radius 2 is 1.91 bits per heavy atom. The molecule has 1 aromatic carbocycles. The van der Waals surface area contributed by atoms with Gasteiger partial charge in [-0.2, -0.15) is 0 Å². The number of halogens is 1. The van der Waals surface area contributed by atoms with Crippen LogP contribution in [-0.2, 0) is 16.0 Å². The average molecular weight is 315 g/mol. The molecule has 0 spiro atoms. The largest absolute Gasteiger partial charge is 0.282 e. The van der Waals surface area contributed by atoms with Gasteiger partial charge in [0.15, 0.2) is 0 Å².